The number of nitrogens with one attached hydrogen (secondary N) is 1. The second kappa shape index (κ2) is 6.94. The van der Waals surface area contributed by atoms with E-state index in [4.69, 9.17) is 0 Å². The first-order valence-corrected chi connectivity index (χ1v) is 6.77. The quantitative estimate of drug-likeness (QED) is 0.774. The lowest BCUT2D eigenvalue weighted by molar-refractivity contribution is -0.137. The van der Waals surface area contributed by atoms with Crippen molar-refractivity contribution in [2.24, 2.45) is 0 Å². The van der Waals surface area contributed by atoms with E-state index >= 15 is 0 Å². The Morgan fingerprint density at radius 2 is 1.89 bits per heavy atom. The van der Waals surface area contributed by atoms with Crippen LogP contribution in [0.25, 0.3) is 0 Å². The van der Waals surface area contributed by atoms with Gasteiger partial charge in [-0.2, -0.15) is 13.2 Å². The first-order valence-electron chi connectivity index (χ1n) is 6.77. The second-order valence-electron chi connectivity index (χ2n) is 5.14. The molecule has 0 aliphatic rings. The molecule has 0 heterocycles. The lowest BCUT2D eigenvalue weighted by atomic mass is 9.98. The smallest absolute Gasteiger partial charge is 0.308 e. The van der Waals surface area contributed by atoms with Gasteiger partial charge in [-0.15, -0.1) is 0 Å². The number of alkyl halides is 3. The van der Waals surface area contributed by atoms with E-state index in [9.17, 15) is 13.2 Å². The van der Waals surface area contributed by atoms with Gasteiger partial charge in [0.15, 0.2) is 0 Å². The molecule has 1 nitrogen and oxygen atoms in total. The number of rotatable bonds is 6. The Bertz CT molecular complexity index is 385. The molecule has 0 bridgehead atoms. The minimum Gasteiger partial charge on any atom is -0.308 e. The Balaban J connectivity index is 2.94. The van der Waals surface area contributed by atoms with Crippen molar-refractivity contribution in [2.45, 2.75) is 58.3 Å². The molecule has 0 spiro atoms. The van der Waals surface area contributed by atoms with Crippen LogP contribution in [0.3, 0.4) is 0 Å². The molecule has 0 saturated carbocycles. The van der Waals surface area contributed by atoms with Gasteiger partial charge in [-0.05, 0) is 24.1 Å². The Labute approximate surface area is 113 Å². The predicted molar refractivity (Wildman–Crippen MR) is 72.0 cm³/mol. The van der Waals surface area contributed by atoms with Crippen LogP contribution in [0.5, 0.6) is 0 Å². The normalized spacial score (nSPS) is 13.8. The highest BCUT2D eigenvalue weighted by Crippen LogP contribution is 2.31. The maximum absolute atomic E-state index is 12.7. The van der Waals surface area contributed by atoms with Crippen LogP contribution in [0.4, 0.5) is 13.2 Å². The summed E-state index contributed by atoms with van der Waals surface area (Å²) >= 11 is 0. The third-order valence-electron chi connectivity index (χ3n) is 3.00. The summed E-state index contributed by atoms with van der Waals surface area (Å²) in [6, 6.07) is 5.87. The maximum Gasteiger partial charge on any atom is 0.416 e. The Kier molecular flexibility index (Phi) is 5.85. The predicted octanol–water partition coefficient (Wildman–Crippen LogP) is 4.93. The molecule has 1 rings (SSSR count). The monoisotopic (exact) mass is 273 g/mol. The van der Waals surface area contributed by atoms with E-state index < -0.39 is 11.7 Å². The molecule has 0 aromatic heterocycles. The minimum atomic E-state index is -4.27. The third-order valence-corrected chi connectivity index (χ3v) is 3.00. The highest BCUT2D eigenvalue weighted by atomic mass is 19.4. The van der Waals surface area contributed by atoms with Gasteiger partial charge in [0.05, 0.1) is 5.56 Å². The zero-order valence-electron chi connectivity index (χ0n) is 11.7. The van der Waals surface area contributed by atoms with Crippen LogP contribution in [0.1, 0.15) is 57.2 Å². The molecule has 1 aromatic carbocycles. The van der Waals surface area contributed by atoms with Crippen molar-refractivity contribution in [3.05, 3.63) is 35.4 Å². The number of unbranched alkanes of at least 4 members (excludes halogenated alkanes) is 1. The molecule has 0 amide bonds. The van der Waals surface area contributed by atoms with Gasteiger partial charge in [0.2, 0.25) is 0 Å². The van der Waals surface area contributed by atoms with Crippen LogP contribution in [0.2, 0.25) is 0 Å². The summed E-state index contributed by atoms with van der Waals surface area (Å²) in [6.45, 7) is 6.09. The molecule has 1 unspecified atom stereocenters. The van der Waals surface area contributed by atoms with Crippen molar-refractivity contribution in [1.29, 1.82) is 0 Å². The van der Waals surface area contributed by atoms with Crippen LogP contribution in [-0.4, -0.2) is 6.04 Å². The fraction of sp³-hybridized carbons (Fsp3) is 0.600. The molecular formula is C15H22F3N. The number of halogens is 3. The third kappa shape index (κ3) is 5.23. The molecule has 108 valence electrons. The van der Waals surface area contributed by atoms with Gasteiger partial charge in [0, 0.05) is 12.1 Å². The van der Waals surface area contributed by atoms with Crippen molar-refractivity contribution >= 4 is 0 Å². The lowest BCUT2D eigenvalue weighted by Gasteiger charge is -2.22. The molecule has 1 aromatic rings. The van der Waals surface area contributed by atoms with Gasteiger partial charge in [0.1, 0.15) is 0 Å². The standard InChI is InChI=1S/C15H22F3N/c1-4-5-9-14(19-11(2)3)12-7-6-8-13(10-12)15(16,17)18/h6-8,10-11,14,19H,4-5,9H2,1-3H3. The van der Waals surface area contributed by atoms with E-state index in [1.807, 2.05) is 13.8 Å². The molecule has 0 fully saturated rings. The van der Waals surface area contributed by atoms with Crippen LogP contribution in [-0.2, 0) is 6.18 Å². The second-order valence-corrected chi connectivity index (χ2v) is 5.14. The topological polar surface area (TPSA) is 12.0 Å². The molecule has 4 heteroatoms. The largest absolute Gasteiger partial charge is 0.416 e. The average molecular weight is 273 g/mol. The van der Waals surface area contributed by atoms with Crippen LogP contribution >= 0.6 is 0 Å². The van der Waals surface area contributed by atoms with E-state index in [0.717, 1.165) is 30.9 Å². The number of benzene rings is 1. The van der Waals surface area contributed by atoms with E-state index in [2.05, 4.69) is 12.2 Å². The first kappa shape index (κ1) is 16.0. The van der Waals surface area contributed by atoms with Crippen molar-refractivity contribution in [3.63, 3.8) is 0 Å². The summed E-state index contributed by atoms with van der Waals surface area (Å²) in [5.74, 6) is 0. The highest BCUT2D eigenvalue weighted by Gasteiger charge is 2.30. The van der Waals surface area contributed by atoms with Crippen molar-refractivity contribution in [2.75, 3.05) is 0 Å². The summed E-state index contributed by atoms with van der Waals surface area (Å²) in [5.41, 5.74) is 0.147. The summed E-state index contributed by atoms with van der Waals surface area (Å²) in [5, 5.41) is 3.34. The Morgan fingerprint density at radius 3 is 2.42 bits per heavy atom. The number of hydrogen-bond donors (Lipinski definition) is 1. The van der Waals surface area contributed by atoms with Gasteiger partial charge in [-0.1, -0.05) is 45.7 Å². The summed E-state index contributed by atoms with van der Waals surface area (Å²) in [7, 11) is 0. The molecule has 1 N–H and O–H groups in total. The summed E-state index contributed by atoms with van der Waals surface area (Å²) < 4.78 is 38.2. The van der Waals surface area contributed by atoms with Crippen molar-refractivity contribution in [1.82, 2.24) is 5.32 Å². The van der Waals surface area contributed by atoms with Gasteiger partial charge in [-0.3, -0.25) is 0 Å². The first-order chi connectivity index (χ1) is 8.84. The fourth-order valence-electron chi connectivity index (χ4n) is 2.09. The Hall–Kier alpha value is -1.03. The van der Waals surface area contributed by atoms with Crippen LogP contribution < -0.4 is 5.32 Å². The van der Waals surface area contributed by atoms with Gasteiger partial charge in [0.25, 0.3) is 0 Å². The molecular weight excluding hydrogens is 251 g/mol. The van der Waals surface area contributed by atoms with Gasteiger partial charge >= 0.3 is 6.18 Å². The van der Waals surface area contributed by atoms with Crippen LogP contribution in [0, 0.1) is 0 Å². The fourth-order valence-corrected chi connectivity index (χ4v) is 2.09. The van der Waals surface area contributed by atoms with E-state index in [1.54, 1.807) is 6.07 Å². The number of hydrogen-bond acceptors (Lipinski definition) is 1. The maximum atomic E-state index is 12.7. The lowest BCUT2D eigenvalue weighted by Crippen LogP contribution is -2.28. The average Bonchev–Trinajstić information content (AvgIpc) is 2.33. The minimum absolute atomic E-state index is 0.0118. The zero-order chi connectivity index (χ0) is 14.5. The van der Waals surface area contributed by atoms with E-state index in [1.165, 1.54) is 12.1 Å². The molecule has 1 atom stereocenters. The zero-order valence-corrected chi connectivity index (χ0v) is 11.7. The molecule has 19 heavy (non-hydrogen) atoms. The highest BCUT2D eigenvalue weighted by molar-refractivity contribution is 5.28. The van der Waals surface area contributed by atoms with Gasteiger partial charge < -0.3 is 5.32 Å². The summed E-state index contributed by atoms with van der Waals surface area (Å²) in [6.07, 6.45) is -1.38. The van der Waals surface area contributed by atoms with Crippen molar-refractivity contribution in [3.8, 4) is 0 Å². The SMILES string of the molecule is CCCCC(NC(C)C)c1cccc(C(F)(F)F)c1. The van der Waals surface area contributed by atoms with E-state index in [0.29, 0.717) is 0 Å². The van der Waals surface area contributed by atoms with E-state index in [-0.39, 0.29) is 12.1 Å². The molecule has 0 radical (unpaired) electrons. The van der Waals surface area contributed by atoms with Gasteiger partial charge in [-0.25, -0.2) is 0 Å². The Morgan fingerprint density at radius 1 is 1.21 bits per heavy atom. The molecule has 0 saturated heterocycles. The van der Waals surface area contributed by atoms with Crippen LogP contribution in [0.15, 0.2) is 24.3 Å². The van der Waals surface area contributed by atoms with Crippen molar-refractivity contribution < 1.29 is 13.2 Å². The summed E-state index contributed by atoms with van der Waals surface area (Å²) in [4.78, 5) is 0. The molecule has 0 aliphatic heterocycles. The molecule has 0 aliphatic carbocycles.